The van der Waals surface area contributed by atoms with E-state index in [1.54, 1.807) is 0 Å². The Hall–Kier alpha value is 0.324. The van der Waals surface area contributed by atoms with Crippen molar-refractivity contribution in [3.05, 3.63) is 0 Å². The first kappa shape index (κ1) is 18.2. The van der Waals surface area contributed by atoms with E-state index in [1.807, 2.05) is 0 Å². The largest absolute Gasteiger partial charge is 2.00 e. The first-order chi connectivity index (χ1) is 4.39. The van der Waals surface area contributed by atoms with Crippen molar-refractivity contribution in [2.24, 2.45) is 0 Å². The second-order valence-corrected chi connectivity index (χ2v) is 3.56. The second-order valence-electron chi connectivity index (χ2n) is 1.81. The van der Waals surface area contributed by atoms with Crippen LogP contribution in [-0.2, 0) is 23.4 Å². The van der Waals surface area contributed by atoms with Crippen molar-refractivity contribution < 1.29 is 50.0 Å². The molecule has 12 heavy (non-hydrogen) atoms. The van der Waals surface area contributed by atoms with E-state index in [4.69, 9.17) is 4.89 Å². The van der Waals surface area contributed by atoms with Gasteiger partial charge in [0.15, 0.2) is 0 Å². The van der Waals surface area contributed by atoms with Gasteiger partial charge in [-0.3, -0.25) is 4.89 Å². The monoisotopic (exact) mass is 237 g/mol. The van der Waals surface area contributed by atoms with Crippen LogP contribution >= 0.6 is 7.94 Å². The zero-order valence-corrected chi connectivity index (χ0v) is 8.55. The average molecular weight is 237 g/mol. The molecule has 73 valence electrons. The van der Waals surface area contributed by atoms with Crippen molar-refractivity contribution in [2.75, 3.05) is 0 Å². The Kier molecular flexibility index (Phi) is 10.3. The first-order valence-corrected chi connectivity index (χ1v) is 4.28. The molecule has 1 radical (unpaired) electrons. The van der Waals surface area contributed by atoms with Crippen LogP contribution in [0.2, 0.25) is 0 Å². The van der Waals surface area contributed by atoms with Crippen LogP contribution in [-0.4, -0.2) is 22.0 Å². The van der Waals surface area contributed by atoms with Crippen LogP contribution in [0.15, 0.2) is 0 Å². The second kappa shape index (κ2) is 6.80. The molecule has 3 N–H and O–H groups in total. The number of carboxylic acid groups (broad SMARTS) is 1. The minimum atomic E-state index is -4.74. The van der Waals surface area contributed by atoms with E-state index in [0.29, 0.717) is 0 Å². The van der Waals surface area contributed by atoms with E-state index in [2.05, 4.69) is 0 Å². The molecule has 0 aromatic carbocycles. The third-order valence-electron chi connectivity index (χ3n) is 1.05. The Morgan fingerprint density at radius 1 is 1.67 bits per heavy atom. The van der Waals surface area contributed by atoms with E-state index < -0.39 is 19.6 Å². The Morgan fingerprint density at radius 3 is 2.00 bits per heavy atom. The van der Waals surface area contributed by atoms with Gasteiger partial charge in [0, 0.05) is 1.43 Å². The molecular formula is C4H11O6PV. The topological polar surface area (TPSA) is 138 Å². The van der Waals surface area contributed by atoms with E-state index in [9.17, 15) is 19.7 Å². The van der Waals surface area contributed by atoms with Gasteiger partial charge in [-0.05, 0) is 6.42 Å². The summed E-state index contributed by atoms with van der Waals surface area (Å²) in [6, 6.07) is 0. The molecule has 0 saturated heterocycles. The van der Waals surface area contributed by atoms with Gasteiger partial charge in [0.05, 0.1) is 13.9 Å². The Bertz CT molecular complexity index is 139. The molecule has 0 amide bonds. The minimum Gasteiger partial charge on any atom is -0.659 e. The number of hydrogen-bond donors (Lipinski definition) is 1. The number of rotatable bonds is 3. The molecule has 0 aliphatic rings. The van der Waals surface area contributed by atoms with Gasteiger partial charge in [0.2, 0.25) is 0 Å². The van der Waals surface area contributed by atoms with Crippen LogP contribution in [0.25, 0.3) is 0 Å². The van der Waals surface area contributed by atoms with Crippen molar-refractivity contribution in [2.45, 2.75) is 19.0 Å². The molecule has 0 bridgehead atoms. The smallest absolute Gasteiger partial charge is 0.659 e. The van der Waals surface area contributed by atoms with Crippen LogP contribution in [0.1, 0.15) is 14.8 Å². The third kappa shape index (κ3) is 5.91. The molecule has 0 fully saturated rings. The van der Waals surface area contributed by atoms with Crippen molar-refractivity contribution in [1.29, 1.82) is 0 Å². The number of carbonyl (C=O) groups excluding carboxylic acids is 1. The Morgan fingerprint density at radius 2 is 2.00 bits per heavy atom. The molecular weight excluding hydrogens is 226 g/mol. The fourth-order valence-corrected chi connectivity index (χ4v) is 1.26. The van der Waals surface area contributed by atoms with Crippen molar-refractivity contribution in [1.82, 2.24) is 0 Å². The van der Waals surface area contributed by atoms with Gasteiger partial charge >= 0.3 is 18.6 Å². The summed E-state index contributed by atoms with van der Waals surface area (Å²) in [4.78, 5) is 38.5. The molecule has 6 nitrogen and oxygen atoms in total. The number of carbonyl (C=O) groups is 1. The standard InChI is InChI=1S/C4H9O5P.H2O.V.H2/c1-2-3(4(5)6)10(7,8)9;;;/h3H,2H2,1H3,(H,5,6)(H2,7,8,9);1H2;;1H/q;;+2;/p-2. The van der Waals surface area contributed by atoms with Crippen LogP contribution in [0.5, 0.6) is 0 Å². The Balaban J connectivity index is -0.000000135. The summed E-state index contributed by atoms with van der Waals surface area (Å²) in [6.45, 7) is 1.33. The van der Waals surface area contributed by atoms with Crippen LogP contribution in [0.3, 0.4) is 0 Å². The fourth-order valence-electron chi connectivity index (χ4n) is 0.531. The van der Waals surface area contributed by atoms with Crippen LogP contribution in [0.4, 0.5) is 0 Å². The predicted octanol–water partition coefficient (Wildman–Crippen LogP) is -3.59. The SMILES string of the molecule is CCC(C(=O)[O-])[P+]([O-])([O-])O.O.[HH].[V+2]. The predicted molar refractivity (Wildman–Crippen MR) is 34.0 cm³/mol. The van der Waals surface area contributed by atoms with E-state index >= 15 is 0 Å². The van der Waals surface area contributed by atoms with Gasteiger partial charge in [-0.15, -0.1) is 0 Å². The van der Waals surface area contributed by atoms with E-state index in [-0.39, 0.29) is 31.9 Å². The minimum absolute atomic E-state index is 0. The molecule has 1 atom stereocenters. The molecule has 0 aliphatic heterocycles. The van der Waals surface area contributed by atoms with Crippen LogP contribution < -0.4 is 14.9 Å². The molecule has 0 aromatic heterocycles. The summed E-state index contributed by atoms with van der Waals surface area (Å²) in [7, 11) is -4.74. The van der Waals surface area contributed by atoms with Crippen molar-refractivity contribution >= 4 is 13.9 Å². The maximum absolute atomic E-state index is 10.2. The molecule has 0 heterocycles. The van der Waals surface area contributed by atoms with E-state index in [1.165, 1.54) is 6.92 Å². The van der Waals surface area contributed by atoms with Crippen LogP contribution in [0, 0.1) is 0 Å². The fraction of sp³-hybridized carbons (Fsp3) is 0.750. The summed E-state index contributed by atoms with van der Waals surface area (Å²) in [6.07, 6.45) is -0.181. The molecule has 0 aromatic rings. The van der Waals surface area contributed by atoms with E-state index in [0.717, 1.165) is 0 Å². The molecule has 8 heteroatoms. The Labute approximate surface area is 83.5 Å². The summed E-state index contributed by atoms with van der Waals surface area (Å²) in [5.74, 6) is -1.76. The van der Waals surface area contributed by atoms with Gasteiger partial charge in [-0.2, -0.15) is 0 Å². The molecule has 0 rings (SSSR count). The van der Waals surface area contributed by atoms with Gasteiger partial charge in [0.25, 0.3) is 0 Å². The van der Waals surface area contributed by atoms with Crippen molar-refractivity contribution in [3.8, 4) is 0 Å². The maximum Gasteiger partial charge on any atom is 2.00 e. The van der Waals surface area contributed by atoms with Gasteiger partial charge < -0.3 is 25.2 Å². The molecule has 0 spiro atoms. The maximum atomic E-state index is 10.2. The van der Waals surface area contributed by atoms with Gasteiger partial charge in [-0.25, -0.2) is 0 Å². The number of aliphatic carboxylic acids is 1. The summed E-state index contributed by atoms with van der Waals surface area (Å²) in [5.41, 5.74) is -1.77. The molecule has 0 saturated carbocycles. The molecule has 1 unspecified atom stereocenters. The average Bonchev–Trinajstić information content (AvgIpc) is 1.60. The third-order valence-corrected chi connectivity index (χ3v) is 2.42. The van der Waals surface area contributed by atoms with Gasteiger partial charge in [-0.1, -0.05) is 6.92 Å². The van der Waals surface area contributed by atoms with Crippen molar-refractivity contribution in [3.63, 3.8) is 0 Å². The number of hydrogen-bond acceptors (Lipinski definition) is 5. The summed E-state index contributed by atoms with van der Waals surface area (Å²) < 4.78 is 0. The molecule has 0 aliphatic carbocycles. The zero-order valence-electron chi connectivity index (χ0n) is 6.26. The quantitative estimate of drug-likeness (QED) is 0.505. The zero-order chi connectivity index (χ0) is 8.36. The summed E-state index contributed by atoms with van der Waals surface area (Å²) in [5, 5.41) is 9.93. The normalized spacial score (nSPS) is 12.3. The first-order valence-electron chi connectivity index (χ1n) is 2.64. The number of carboxylic acids is 1. The van der Waals surface area contributed by atoms with Gasteiger partial charge in [0.1, 0.15) is 5.66 Å². The summed E-state index contributed by atoms with van der Waals surface area (Å²) >= 11 is 0.